The van der Waals surface area contributed by atoms with Crippen molar-refractivity contribution in [3.8, 4) is 11.3 Å². The molecule has 2 saturated heterocycles. The van der Waals surface area contributed by atoms with Crippen LogP contribution in [-0.4, -0.2) is 87.3 Å². The van der Waals surface area contributed by atoms with Gasteiger partial charge in [0.05, 0.1) is 36.3 Å². The van der Waals surface area contributed by atoms with E-state index in [4.69, 9.17) is 9.72 Å². The van der Waals surface area contributed by atoms with Crippen LogP contribution in [0.15, 0.2) is 54.1 Å². The normalized spacial score (nSPS) is 19.7. The molecule has 1 unspecified atom stereocenters. The lowest BCUT2D eigenvalue weighted by Crippen LogP contribution is -2.59. The van der Waals surface area contributed by atoms with Crippen molar-refractivity contribution in [1.29, 1.82) is 0 Å². The van der Waals surface area contributed by atoms with E-state index in [0.29, 0.717) is 47.7 Å². The summed E-state index contributed by atoms with van der Waals surface area (Å²) in [5.41, 5.74) is 8.42. The fourth-order valence-electron chi connectivity index (χ4n) is 8.74. The molecule has 2 fully saturated rings. The SMILES string of the molecule is C=CC(=O)Nc1cc(Nc2nc(-c3ccnc(N4CCn5c(cc6c5CC(C)(C)C6)C4=O)c3C)cn(C)c2=O)cc(C)c1N1CCN(C2COC2)CC1C. The summed E-state index contributed by atoms with van der Waals surface area (Å²) in [6, 6.07) is 8.43. The Morgan fingerprint density at radius 3 is 2.59 bits per heavy atom. The van der Waals surface area contributed by atoms with Crippen molar-refractivity contribution in [3.63, 3.8) is 0 Å². The summed E-state index contributed by atoms with van der Waals surface area (Å²) < 4.78 is 9.14. The second kappa shape index (κ2) is 13.5. The van der Waals surface area contributed by atoms with Crippen LogP contribution in [0.25, 0.3) is 11.3 Å². The topological polar surface area (TPSA) is 130 Å². The number of anilines is 5. The second-order valence-electron chi connectivity index (χ2n) is 16.1. The lowest BCUT2D eigenvalue weighted by Gasteiger charge is -2.47. The van der Waals surface area contributed by atoms with E-state index < -0.39 is 0 Å². The van der Waals surface area contributed by atoms with Gasteiger partial charge in [0.1, 0.15) is 11.5 Å². The van der Waals surface area contributed by atoms with E-state index in [-0.39, 0.29) is 34.6 Å². The summed E-state index contributed by atoms with van der Waals surface area (Å²) in [7, 11) is 1.69. The van der Waals surface area contributed by atoms with Gasteiger partial charge in [-0.1, -0.05) is 20.4 Å². The third-order valence-corrected chi connectivity index (χ3v) is 11.5. The number of piperazine rings is 1. The van der Waals surface area contributed by atoms with Crippen molar-refractivity contribution in [3.05, 3.63) is 87.7 Å². The Morgan fingerprint density at radius 1 is 1.07 bits per heavy atom. The molecule has 8 rings (SSSR count). The number of hydrogen-bond donors (Lipinski definition) is 2. The van der Waals surface area contributed by atoms with E-state index in [2.05, 4.69) is 63.4 Å². The molecular formula is C41H49N9O4. The minimum atomic E-state index is -0.320. The molecule has 4 aliphatic rings. The number of rotatable bonds is 8. The van der Waals surface area contributed by atoms with Crippen molar-refractivity contribution in [2.45, 2.75) is 66.1 Å². The highest BCUT2D eigenvalue weighted by atomic mass is 16.5. The maximum absolute atomic E-state index is 13.9. The van der Waals surface area contributed by atoms with Crippen LogP contribution < -0.4 is 26.0 Å². The van der Waals surface area contributed by atoms with E-state index >= 15 is 0 Å². The van der Waals surface area contributed by atoms with Crippen LogP contribution in [0, 0.1) is 19.3 Å². The molecule has 54 heavy (non-hydrogen) atoms. The first-order valence-corrected chi connectivity index (χ1v) is 18.8. The zero-order chi connectivity index (χ0) is 38.1. The van der Waals surface area contributed by atoms with Crippen LogP contribution in [-0.2, 0) is 36.0 Å². The van der Waals surface area contributed by atoms with Crippen LogP contribution in [0.3, 0.4) is 0 Å². The minimum Gasteiger partial charge on any atom is -0.378 e. The highest BCUT2D eigenvalue weighted by Crippen LogP contribution is 2.40. The fraction of sp³-hybridized carbons (Fsp3) is 0.439. The quantitative estimate of drug-likeness (QED) is 0.245. The van der Waals surface area contributed by atoms with Crippen LogP contribution in [0.4, 0.5) is 28.7 Å². The van der Waals surface area contributed by atoms with Crippen LogP contribution in [0.2, 0.25) is 0 Å². The average molecular weight is 732 g/mol. The lowest BCUT2D eigenvalue weighted by molar-refractivity contribution is -0.111. The van der Waals surface area contributed by atoms with Gasteiger partial charge in [0, 0.05) is 80.7 Å². The number of nitrogens with zero attached hydrogens (tertiary/aromatic N) is 7. The average Bonchev–Trinajstić information content (AvgIpc) is 3.59. The molecule has 4 aromatic rings. The zero-order valence-corrected chi connectivity index (χ0v) is 32.0. The maximum Gasteiger partial charge on any atom is 0.293 e. The van der Waals surface area contributed by atoms with Gasteiger partial charge in [0.15, 0.2) is 5.82 Å². The Morgan fingerprint density at radius 2 is 1.87 bits per heavy atom. The standard InChI is InChI=1S/C41H49N9O4/c1-8-35(51)44-31-17-28(15-24(2)36(31)48-12-11-47(20-25(48)3)29-22-54-23-29)43-37-40(53)46(7)21-32(45-37)30-9-10-42-38(26(30)4)50-14-13-49-33(39(50)52)16-27-18-41(5,6)19-34(27)49/h8-10,15-17,21,25,29H,1,11-14,18-20,22-23H2,2-7H3,(H,43,45)(H,44,51). The molecule has 0 spiro atoms. The van der Waals surface area contributed by atoms with Gasteiger partial charge in [0.2, 0.25) is 5.91 Å². The Bertz CT molecular complexity index is 2250. The largest absolute Gasteiger partial charge is 0.378 e. The van der Waals surface area contributed by atoms with Gasteiger partial charge in [-0.3, -0.25) is 24.2 Å². The first-order valence-electron chi connectivity index (χ1n) is 18.8. The maximum atomic E-state index is 13.9. The lowest BCUT2D eigenvalue weighted by atomic mass is 9.90. The van der Waals surface area contributed by atoms with Gasteiger partial charge in [-0.05, 0) is 80.5 Å². The van der Waals surface area contributed by atoms with E-state index in [1.54, 1.807) is 24.3 Å². The summed E-state index contributed by atoms with van der Waals surface area (Å²) in [5, 5.41) is 6.29. The van der Waals surface area contributed by atoms with E-state index in [0.717, 1.165) is 68.1 Å². The molecule has 2 N–H and O–H groups in total. The smallest absolute Gasteiger partial charge is 0.293 e. The molecule has 1 aliphatic carbocycles. The van der Waals surface area contributed by atoms with Crippen molar-refractivity contribution in [2.24, 2.45) is 12.5 Å². The van der Waals surface area contributed by atoms with Crippen molar-refractivity contribution in [2.75, 3.05) is 59.8 Å². The molecule has 0 bridgehead atoms. The summed E-state index contributed by atoms with van der Waals surface area (Å²) in [5.74, 6) is 0.342. The van der Waals surface area contributed by atoms with Gasteiger partial charge in [-0.2, -0.15) is 0 Å². The highest BCUT2D eigenvalue weighted by Gasteiger charge is 2.38. The predicted molar refractivity (Wildman–Crippen MR) is 211 cm³/mol. The third-order valence-electron chi connectivity index (χ3n) is 11.5. The molecule has 13 nitrogen and oxygen atoms in total. The van der Waals surface area contributed by atoms with Gasteiger partial charge < -0.3 is 29.4 Å². The number of benzene rings is 1. The molecule has 1 aromatic carbocycles. The number of carbonyl (C=O) groups is 2. The molecule has 1 atom stereocenters. The Labute approximate surface area is 315 Å². The monoisotopic (exact) mass is 731 g/mol. The number of hydrogen-bond acceptors (Lipinski definition) is 9. The number of aryl methyl sites for hydroxylation is 2. The zero-order valence-electron chi connectivity index (χ0n) is 32.0. The van der Waals surface area contributed by atoms with Crippen LogP contribution in [0.1, 0.15) is 53.6 Å². The molecule has 6 heterocycles. The van der Waals surface area contributed by atoms with Gasteiger partial charge in [-0.15, -0.1) is 0 Å². The number of ether oxygens (including phenoxy) is 1. The molecule has 3 aromatic heterocycles. The first kappa shape index (κ1) is 35.7. The fourth-order valence-corrected chi connectivity index (χ4v) is 8.74. The first-order chi connectivity index (χ1) is 25.8. The molecule has 2 amide bonds. The molecular weight excluding hydrogens is 683 g/mol. The van der Waals surface area contributed by atoms with Gasteiger partial charge in [-0.25, -0.2) is 9.97 Å². The predicted octanol–water partition coefficient (Wildman–Crippen LogP) is 4.82. The summed E-state index contributed by atoms with van der Waals surface area (Å²) in [6.07, 6.45) is 6.59. The Kier molecular flexibility index (Phi) is 8.96. The van der Waals surface area contributed by atoms with Gasteiger partial charge >= 0.3 is 0 Å². The minimum absolute atomic E-state index is 0.0561. The van der Waals surface area contributed by atoms with Crippen LogP contribution in [0.5, 0.6) is 0 Å². The molecule has 13 heteroatoms. The summed E-state index contributed by atoms with van der Waals surface area (Å²) >= 11 is 0. The van der Waals surface area contributed by atoms with E-state index in [1.807, 2.05) is 32.0 Å². The van der Waals surface area contributed by atoms with Gasteiger partial charge in [0.25, 0.3) is 11.5 Å². The second-order valence-corrected chi connectivity index (χ2v) is 16.1. The van der Waals surface area contributed by atoms with E-state index in [1.165, 1.54) is 21.9 Å². The molecule has 0 radical (unpaired) electrons. The van der Waals surface area contributed by atoms with E-state index in [9.17, 15) is 14.4 Å². The van der Waals surface area contributed by atoms with Crippen molar-refractivity contribution in [1.82, 2.24) is 24.0 Å². The summed E-state index contributed by atoms with van der Waals surface area (Å²) in [6.45, 7) is 19.7. The third kappa shape index (κ3) is 6.28. The molecule has 0 saturated carbocycles. The van der Waals surface area contributed by atoms with Crippen LogP contribution >= 0.6 is 0 Å². The number of nitrogens with one attached hydrogen (secondary N) is 2. The van der Waals surface area contributed by atoms with Crippen molar-refractivity contribution >= 4 is 40.5 Å². The number of amides is 2. The summed E-state index contributed by atoms with van der Waals surface area (Å²) in [4.78, 5) is 56.3. The molecule has 3 aliphatic heterocycles. The Balaban J connectivity index is 1.09. The Hall–Kier alpha value is -5.27. The number of pyridine rings is 1. The number of fused-ring (bicyclic) bond motifs is 3. The molecule has 282 valence electrons. The number of aromatic nitrogens is 4. The highest BCUT2D eigenvalue weighted by molar-refractivity contribution is 6.06. The number of carbonyl (C=O) groups excluding carboxylic acids is 2. The van der Waals surface area contributed by atoms with Crippen molar-refractivity contribution < 1.29 is 14.3 Å².